The van der Waals surface area contributed by atoms with Crippen molar-refractivity contribution in [3.63, 3.8) is 0 Å². The van der Waals surface area contributed by atoms with E-state index in [2.05, 4.69) is 499 Å². The highest BCUT2D eigenvalue weighted by Gasteiger charge is 2.26. The van der Waals surface area contributed by atoms with Crippen LogP contribution in [0.5, 0.6) is 0 Å². The molecular formula is C132H81N3O3S3. The van der Waals surface area contributed by atoms with E-state index in [-0.39, 0.29) is 0 Å². The van der Waals surface area contributed by atoms with Crippen LogP contribution < -0.4 is 0 Å². The Bertz CT molecular complexity index is 10200. The number of nitrogens with zero attached hydrogens (tertiary/aromatic N) is 3. The van der Waals surface area contributed by atoms with Crippen molar-refractivity contribution in [2.24, 2.45) is 0 Å². The summed E-state index contributed by atoms with van der Waals surface area (Å²) in [5.41, 5.74) is 37.7. The molecule has 0 saturated heterocycles. The Morgan fingerprint density at radius 2 is 0.418 bits per heavy atom. The van der Waals surface area contributed by atoms with Gasteiger partial charge in [0.25, 0.3) is 0 Å². The Balaban J connectivity index is 0.000000104. The van der Waals surface area contributed by atoms with Crippen molar-refractivity contribution in [3.8, 4) is 117 Å². The number of hydrogen-bond acceptors (Lipinski definition) is 6. The summed E-state index contributed by atoms with van der Waals surface area (Å²) >= 11 is 5.65. The first-order valence-corrected chi connectivity index (χ1v) is 50.2. The minimum atomic E-state index is 0.908. The van der Waals surface area contributed by atoms with Gasteiger partial charge < -0.3 is 27.0 Å². The highest BCUT2D eigenvalue weighted by atomic mass is 32.1. The topological polar surface area (TPSA) is 54.2 Å². The van der Waals surface area contributed by atoms with E-state index in [4.69, 9.17) is 13.3 Å². The number of benzene rings is 21. The number of fused-ring (bicyclic) bond motifs is 24. The van der Waals surface area contributed by atoms with Crippen LogP contribution in [0.4, 0.5) is 0 Å². The van der Waals surface area contributed by atoms with Crippen LogP contribution in [0.25, 0.3) is 277 Å². The molecule has 141 heavy (non-hydrogen) atoms. The van der Waals surface area contributed by atoms with Gasteiger partial charge in [-0.1, -0.05) is 364 Å². The fourth-order valence-corrected chi connectivity index (χ4v) is 25.4. The summed E-state index contributed by atoms with van der Waals surface area (Å²) in [7, 11) is 0. The molecule has 660 valence electrons. The van der Waals surface area contributed by atoms with E-state index in [1.165, 1.54) is 166 Å². The highest BCUT2D eigenvalue weighted by Crippen LogP contribution is 2.51. The van der Waals surface area contributed by atoms with E-state index in [1.54, 1.807) is 0 Å². The standard InChI is InChI=1S/3C44H27NOS/c1-3-12-28(13-4-1)33-19-10-21-35-36-22-11-20-34(43(36)46-42(33)35)31-15-9-14-29(26-31)30-24-25-38-40(27-30)47-44-37-18-7-8-23-39(37)45(41(38)44)32-16-5-2-6-17-32;1-3-11-28(12-4-1)30-22-24-40-38(26-30)35-19-10-18-34(43(35)46-40)32-14-9-13-29(25-32)31-21-23-37-41(27-31)47-44-36-17-7-8-20-39(36)45(42(37)44)33-15-5-2-6-16-33;1-3-10-28(11-4-1)31-18-21-35-36-22-19-32(26-41(36)46-40(35)25-31)29-12-9-13-30(24-29)33-20-23-38-42(27-33)47-44-37-16-7-8-17-39(37)45(43(38)44)34-14-5-2-6-15-34/h3*1-27H. The molecule has 0 aliphatic heterocycles. The molecule has 0 radical (unpaired) electrons. The minimum Gasteiger partial charge on any atom is -0.456 e. The van der Waals surface area contributed by atoms with Gasteiger partial charge >= 0.3 is 0 Å². The molecule has 0 spiro atoms. The number of para-hydroxylation sites is 9. The second-order valence-corrected chi connectivity index (χ2v) is 39.5. The average Bonchev–Trinajstić information content (AvgIpc) is 1.56. The zero-order chi connectivity index (χ0) is 92.7. The number of hydrogen-bond donors (Lipinski definition) is 0. The molecule has 0 unspecified atom stereocenters. The summed E-state index contributed by atoms with van der Waals surface area (Å²) in [4.78, 5) is 0. The van der Waals surface area contributed by atoms with Crippen LogP contribution in [0.2, 0.25) is 0 Å². The molecular weight excluding hydrogens is 1770 g/mol. The van der Waals surface area contributed by atoms with Crippen molar-refractivity contribution in [2.75, 3.05) is 0 Å². The first kappa shape index (κ1) is 81.6. The van der Waals surface area contributed by atoms with E-state index in [1.807, 2.05) is 40.1 Å². The van der Waals surface area contributed by atoms with Crippen LogP contribution in [0.3, 0.4) is 0 Å². The molecule has 6 nitrogen and oxygen atoms in total. The Hall–Kier alpha value is -17.7. The molecule has 9 heteroatoms. The van der Waals surface area contributed by atoms with E-state index in [0.29, 0.717) is 0 Å². The summed E-state index contributed by atoms with van der Waals surface area (Å²) in [6, 6.07) is 176. The Morgan fingerprint density at radius 3 is 0.816 bits per heavy atom. The third kappa shape index (κ3) is 13.9. The van der Waals surface area contributed by atoms with Crippen molar-refractivity contribution in [2.45, 2.75) is 0 Å². The van der Waals surface area contributed by atoms with Gasteiger partial charge in [0.15, 0.2) is 0 Å². The molecule has 30 aromatic rings. The first-order chi connectivity index (χ1) is 69.9. The van der Waals surface area contributed by atoms with Gasteiger partial charge in [0, 0.05) is 112 Å². The van der Waals surface area contributed by atoms with Crippen LogP contribution >= 0.6 is 34.0 Å². The maximum absolute atomic E-state index is 6.73. The largest absolute Gasteiger partial charge is 0.456 e. The normalized spacial score (nSPS) is 11.8. The summed E-state index contributed by atoms with van der Waals surface area (Å²) in [6.45, 7) is 0. The summed E-state index contributed by atoms with van der Waals surface area (Å²) < 4.78 is 34.8. The lowest BCUT2D eigenvalue weighted by Gasteiger charge is -2.09. The van der Waals surface area contributed by atoms with Gasteiger partial charge in [-0.3, -0.25) is 0 Å². The van der Waals surface area contributed by atoms with E-state index < -0.39 is 0 Å². The molecule has 0 aliphatic rings. The maximum atomic E-state index is 6.73. The fraction of sp³-hybridized carbons (Fsp3) is 0. The average molecular weight is 1850 g/mol. The van der Waals surface area contributed by atoms with Crippen molar-refractivity contribution in [3.05, 3.63) is 491 Å². The third-order valence-electron chi connectivity index (χ3n) is 28.2. The Labute approximate surface area is 822 Å². The van der Waals surface area contributed by atoms with Crippen LogP contribution in [-0.4, -0.2) is 13.7 Å². The van der Waals surface area contributed by atoms with Crippen LogP contribution in [0, 0.1) is 0 Å². The molecule has 0 aliphatic carbocycles. The molecule has 0 atom stereocenters. The quantitative estimate of drug-likeness (QED) is 0.122. The Morgan fingerprint density at radius 1 is 0.149 bits per heavy atom. The Kier molecular flexibility index (Phi) is 19.5. The van der Waals surface area contributed by atoms with Gasteiger partial charge in [-0.15, -0.1) is 34.0 Å². The summed E-state index contributed by atoms with van der Waals surface area (Å²) in [5.74, 6) is 0. The van der Waals surface area contributed by atoms with Crippen molar-refractivity contribution < 1.29 is 13.3 Å². The predicted octanol–water partition coefficient (Wildman–Crippen LogP) is 38.7. The van der Waals surface area contributed by atoms with Gasteiger partial charge in [0.2, 0.25) is 0 Å². The molecule has 0 amide bonds. The van der Waals surface area contributed by atoms with E-state index in [9.17, 15) is 0 Å². The van der Waals surface area contributed by atoms with Gasteiger partial charge in [-0.2, -0.15) is 0 Å². The van der Waals surface area contributed by atoms with Crippen LogP contribution in [0.1, 0.15) is 0 Å². The second kappa shape index (κ2) is 33.6. The summed E-state index contributed by atoms with van der Waals surface area (Å²) in [5, 5.41) is 14.6. The summed E-state index contributed by atoms with van der Waals surface area (Å²) in [6.07, 6.45) is 0. The lowest BCUT2D eigenvalue weighted by molar-refractivity contribution is 0.669. The monoisotopic (exact) mass is 1850 g/mol. The second-order valence-electron chi connectivity index (χ2n) is 36.4. The molecule has 0 bridgehead atoms. The van der Waals surface area contributed by atoms with Crippen molar-refractivity contribution in [1.82, 2.24) is 13.7 Å². The lowest BCUT2D eigenvalue weighted by Crippen LogP contribution is -1.92. The molecule has 0 N–H and O–H groups in total. The highest BCUT2D eigenvalue weighted by molar-refractivity contribution is 7.27. The number of aromatic nitrogens is 3. The first-order valence-electron chi connectivity index (χ1n) is 47.8. The van der Waals surface area contributed by atoms with Gasteiger partial charge in [-0.05, 0) is 211 Å². The van der Waals surface area contributed by atoms with Crippen LogP contribution in [-0.2, 0) is 0 Å². The molecule has 21 aromatic carbocycles. The van der Waals surface area contributed by atoms with Crippen LogP contribution in [0.15, 0.2) is 505 Å². The third-order valence-corrected chi connectivity index (χ3v) is 31.7. The smallest absolute Gasteiger partial charge is 0.143 e. The van der Waals surface area contributed by atoms with E-state index >= 15 is 0 Å². The zero-order valence-corrected chi connectivity index (χ0v) is 78.5. The van der Waals surface area contributed by atoms with E-state index in [0.717, 1.165) is 110 Å². The molecule has 0 saturated carbocycles. The molecule has 0 fully saturated rings. The molecule has 9 aromatic heterocycles. The SMILES string of the molecule is c1ccc(-c2ccc3c(c2)oc2cc(-c4cccc(-c5ccc6c(c5)sc5c7ccccc7n(-c7ccccc7)c65)c4)ccc23)cc1.c1ccc(-c2ccc3oc4c(-c5cccc(-c6ccc7c(c6)sc6c8ccccc8n(-c8ccccc8)c76)c5)cccc4c3c2)cc1.c1ccc(-c2cccc3c2oc2c(-c4cccc(-c5ccc6c(c5)sc5c7ccccc7n(-c7ccccc7)c65)c4)cccc23)cc1. The zero-order valence-electron chi connectivity index (χ0n) is 76.1. The lowest BCUT2D eigenvalue weighted by atomic mass is 9.97. The van der Waals surface area contributed by atoms with Gasteiger partial charge in [0.05, 0.1) is 47.2 Å². The fourth-order valence-electron chi connectivity index (χ4n) is 21.6. The van der Waals surface area contributed by atoms with Gasteiger partial charge in [-0.25, -0.2) is 0 Å². The number of furan rings is 3. The predicted molar refractivity (Wildman–Crippen MR) is 599 cm³/mol. The molecule has 9 heterocycles. The minimum absolute atomic E-state index is 0.908. The molecule has 30 rings (SSSR count). The van der Waals surface area contributed by atoms with Crippen molar-refractivity contribution >= 4 is 193 Å². The number of thiophene rings is 3. The van der Waals surface area contributed by atoms with Gasteiger partial charge in [0.1, 0.15) is 33.5 Å². The maximum Gasteiger partial charge on any atom is 0.143 e. The van der Waals surface area contributed by atoms with Crippen molar-refractivity contribution in [1.29, 1.82) is 0 Å². The number of rotatable bonds is 12.